The summed E-state index contributed by atoms with van der Waals surface area (Å²) in [5.41, 5.74) is 5.91. The quantitative estimate of drug-likeness (QED) is 0.190. The first-order valence-corrected chi connectivity index (χ1v) is 10.2. The number of nitrogens with one attached hydrogen (secondary N) is 3. The number of thiol groups is 1. The molecule has 168 valence electrons. The fourth-order valence-corrected chi connectivity index (χ4v) is 2.65. The zero-order chi connectivity index (χ0) is 22.9. The van der Waals surface area contributed by atoms with E-state index in [-0.39, 0.29) is 17.6 Å². The summed E-state index contributed by atoms with van der Waals surface area (Å²) in [6.07, 6.45) is -0.638. The van der Waals surface area contributed by atoms with E-state index >= 15 is 0 Å². The van der Waals surface area contributed by atoms with Gasteiger partial charge in [-0.3, -0.25) is 14.4 Å². The number of hydrogen-bond acceptors (Lipinski definition) is 7. The number of aliphatic carboxylic acids is 1. The lowest BCUT2D eigenvalue weighted by molar-refractivity contribution is -0.145. The van der Waals surface area contributed by atoms with E-state index in [0.29, 0.717) is 6.42 Å². The minimum absolute atomic E-state index is 0.0738. The van der Waals surface area contributed by atoms with Crippen molar-refractivity contribution < 1.29 is 29.4 Å². The van der Waals surface area contributed by atoms with Crippen LogP contribution >= 0.6 is 12.6 Å². The summed E-state index contributed by atoms with van der Waals surface area (Å²) in [5, 5.41) is 25.8. The van der Waals surface area contributed by atoms with Crippen LogP contribution in [0.15, 0.2) is 0 Å². The van der Waals surface area contributed by atoms with E-state index in [4.69, 9.17) is 10.8 Å². The van der Waals surface area contributed by atoms with Crippen LogP contribution in [0, 0.1) is 11.8 Å². The van der Waals surface area contributed by atoms with E-state index < -0.39 is 54.0 Å². The second-order valence-corrected chi connectivity index (χ2v) is 7.82. The van der Waals surface area contributed by atoms with Gasteiger partial charge in [0.05, 0.1) is 12.1 Å². The second kappa shape index (κ2) is 12.7. The Morgan fingerprint density at radius 3 is 1.83 bits per heavy atom. The Balaban J connectivity index is 5.20. The van der Waals surface area contributed by atoms with Gasteiger partial charge in [0.25, 0.3) is 0 Å². The minimum Gasteiger partial charge on any atom is -0.480 e. The first-order valence-electron chi connectivity index (χ1n) is 9.55. The van der Waals surface area contributed by atoms with Gasteiger partial charge >= 0.3 is 5.97 Å². The van der Waals surface area contributed by atoms with Crippen molar-refractivity contribution in [1.82, 2.24) is 16.0 Å². The van der Waals surface area contributed by atoms with Crippen LogP contribution in [0.3, 0.4) is 0 Å². The summed E-state index contributed by atoms with van der Waals surface area (Å²) < 4.78 is 0. The Morgan fingerprint density at radius 1 is 0.931 bits per heavy atom. The highest BCUT2D eigenvalue weighted by Crippen LogP contribution is 2.08. The fraction of sp³-hybridized carbons (Fsp3) is 0.778. The summed E-state index contributed by atoms with van der Waals surface area (Å²) in [4.78, 5) is 48.5. The molecular formula is C18H34N4O6S. The number of carboxylic acids is 1. The van der Waals surface area contributed by atoms with E-state index in [1.807, 2.05) is 13.8 Å². The molecule has 0 aliphatic carbocycles. The van der Waals surface area contributed by atoms with Crippen molar-refractivity contribution in [3.05, 3.63) is 0 Å². The molecule has 0 saturated carbocycles. The Bertz CT molecular complexity index is 587. The third-order valence-electron chi connectivity index (χ3n) is 4.67. The lowest BCUT2D eigenvalue weighted by Crippen LogP contribution is -2.60. The molecule has 6 unspecified atom stereocenters. The largest absolute Gasteiger partial charge is 0.480 e. The van der Waals surface area contributed by atoms with Crippen LogP contribution < -0.4 is 21.7 Å². The van der Waals surface area contributed by atoms with Crippen molar-refractivity contribution >= 4 is 36.3 Å². The predicted octanol–water partition coefficient (Wildman–Crippen LogP) is -1.13. The number of nitrogens with two attached hydrogens (primary N) is 1. The van der Waals surface area contributed by atoms with Crippen molar-refractivity contribution in [3.63, 3.8) is 0 Å². The van der Waals surface area contributed by atoms with Crippen LogP contribution in [0.25, 0.3) is 0 Å². The molecule has 29 heavy (non-hydrogen) atoms. The number of aliphatic hydroxyl groups is 1. The Kier molecular flexibility index (Phi) is 11.8. The molecule has 0 aromatic carbocycles. The molecule has 0 bridgehead atoms. The van der Waals surface area contributed by atoms with Gasteiger partial charge in [-0.25, -0.2) is 4.79 Å². The standard InChI is InChI=1S/C18H34N4O6S/c1-6-9(4)12(19)16(25)21-13(8(2)3)17(26)20-11(7-29)15(24)22-14(10(5)23)18(27)28/h8-14,23,29H,6-7,19H2,1-5H3,(H,20,26)(H,21,25)(H,22,24)(H,27,28). The minimum atomic E-state index is -1.53. The van der Waals surface area contributed by atoms with E-state index in [1.165, 1.54) is 6.92 Å². The van der Waals surface area contributed by atoms with Gasteiger partial charge in [-0.05, 0) is 18.8 Å². The molecule has 0 aliphatic rings. The molecule has 7 N–H and O–H groups in total. The number of aliphatic hydroxyl groups excluding tert-OH is 1. The lowest BCUT2D eigenvalue weighted by atomic mass is 9.97. The third-order valence-corrected chi connectivity index (χ3v) is 5.03. The highest BCUT2D eigenvalue weighted by molar-refractivity contribution is 7.80. The number of carboxylic acid groups (broad SMARTS) is 1. The van der Waals surface area contributed by atoms with Crippen LogP contribution in [0.2, 0.25) is 0 Å². The van der Waals surface area contributed by atoms with Crippen molar-refractivity contribution in [2.75, 3.05) is 5.75 Å². The topological polar surface area (TPSA) is 171 Å². The SMILES string of the molecule is CCC(C)C(N)C(=O)NC(C(=O)NC(CS)C(=O)NC(C(=O)O)C(C)O)C(C)C. The van der Waals surface area contributed by atoms with Crippen molar-refractivity contribution in [3.8, 4) is 0 Å². The molecule has 10 nitrogen and oxygen atoms in total. The van der Waals surface area contributed by atoms with E-state index in [9.17, 15) is 24.3 Å². The summed E-state index contributed by atoms with van der Waals surface area (Å²) in [6.45, 7) is 8.40. The highest BCUT2D eigenvalue weighted by atomic mass is 32.1. The maximum Gasteiger partial charge on any atom is 0.328 e. The van der Waals surface area contributed by atoms with E-state index in [2.05, 4.69) is 28.6 Å². The molecule has 0 saturated heterocycles. The van der Waals surface area contributed by atoms with Crippen LogP contribution in [-0.4, -0.2) is 69.9 Å². The molecular weight excluding hydrogens is 400 g/mol. The first kappa shape index (κ1) is 27.1. The smallest absolute Gasteiger partial charge is 0.328 e. The van der Waals surface area contributed by atoms with Gasteiger partial charge in [0.1, 0.15) is 12.1 Å². The van der Waals surface area contributed by atoms with E-state index in [0.717, 1.165) is 0 Å². The summed E-state index contributed by atoms with van der Waals surface area (Å²) in [5.74, 6) is -3.81. The van der Waals surface area contributed by atoms with Gasteiger partial charge in [-0.2, -0.15) is 12.6 Å². The van der Waals surface area contributed by atoms with Gasteiger partial charge < -0.3 is 31.9 Å². The summed E-state index contributed by atoms with van der Waals surface area (Å²) >= 11 is 4.02. The number of carbonyl (C=O) groups is 4. The maximum absolute atomic E-state index is 12.7. The molecule has 0 spiro atoms. The predicted molar refractivity (Wildman–Crippen MR) is 111 cm³/mol. The van der Waals surface area contributed by atoms with Crippen LogP contribution in [0.1, 0.15) is 41.0 Å². The average molecular weight is 435 g/mol. The average Bonchev–Trinajstić information content (AvgIpc) is 2.65. The molecule has 0 aromatic rings. The van der Waals surface area contributed by atoms with Crippen LogP contribution in [0.5, 0.6) is 0 Å². The highest BCUT2D eigenvalue weighted by Gasteiger charge is 2.32. The zero-order valence-corrected chi connectivity index (χ0v) is 18.4. The van der Waals surface area contributed by atoms with Crippen LogP contribution in [0.4, 0.5) is 0 Å². The Labute approximate surface area is 176 Å². The lowest BCUT2D eigenvalue weighted by Gasteiger charge is -2.27. The molecule has 6 atom stereocenters. The summed E-state index contributed by atoms with van der Waals surface area (Å²) in [6, 6.07) is -4.41. The fourth-order valence-electron chi connectivity index (χ4n) is 2.39. The number of hydrogen-bond donors (Lipinski definition) is 7. The first-order chi connectivity index (χ1) is 13.4. The van der Waals surface area contributed by atoms with Gasteiger partial charge in [0.15, 0.2) is 6.04 Å². The van der Waals surface area contributed by atoms with E-state index in [1.54, 1.807) is 13.8 Å². The molecule has 0 radical (unpaired) electrons. The monoisotopic (exact) mass is 434 g/mol. The second-order valence-electron chi connectivity index (χ2n) is 7.45. The third kappa shape index (κ3) is 8.58. The number of rotatable bonds is 12. The molecule has 0 fully saturated rings. The molecule has 0 aromatic heterocycles. The molecule has 0 aliphatic heterocycles. The molecule has 0 heterocycles. The normalized spacial score (nSPS) is 17.4. The van der Waals surface area contributed by atoms with Gasteiger partial charge in [-0.15, -0.1) is 0 Å². The molecule has 3 amide bonds. The number of amides is 3. The van der Waals surface area contributed by atoms with Crippen molar-refractivity contribution in [2.24, 2.45) is 17.6 Å². The van der Waals surface area contributed by atoms with Crippen molar-refractivity contribution in [1.29, 1.82) is 0 Å². The Morgan fingerprint density at radius 2 is 1.45 bits per heavy atom. The van der Waals surface area contributed by atoms with Crippen molar-refractivity contribution in [2.45, 2.75) is 71.3 Å². The van der Waals surface area contributed by atoms with Gasteiger partial charge in [-0.1, -0.05) is 34.1 Å². The van der Waals surface area contributed by atoms with Crippen LogP contribution in [-0.2, 0) is 19.2 Å². The van der Waals surface area contributed by atoms with Gasteiger partial charge in [0, 0.05) is 5.75 Å². The van der Waals surface area contributed by atoms with Gasteiger partial charge in [0.2, 0.25) is 17.7 Å². The maximum atomic E-state index is 12.7. The summed E-state index contributed by atoms with van der Waals surface area (Å²) in [7, 11) is 0. The zero-order valence-electron chi connectivity index (χ0n) is 17.5. The molecule has 11 heteroatoms. The molecule has 0 rings (SSSR count). The number of carbonyl (C=O) groups excluding carboxylic acids is 3. The Hall–Kier alpha value is -1.85.